The number of pyridine rings is 1. The molecule has 6 rings (SSSR count). The molecule has 12 heteroatoms. The van der Waals surface area contributed by atoms with Gasteiger partial charge in [-0.1, -0.05) is 6.07 Å². The van der Waals surface area contributed by atoms with Gasteiger partial charge >= 0.3 is 0 Å². The molecule has 39 heavy (non-hydrogen) atoms. The zero-order valence-electron chi connectivity index (χ0n) is 20.7. The SMILES string of the molecule is Cc1ccc2nc(-c3ccc4nc(-c5ccc(NC(=O)c6ccncc6)cc5)sc4c3)sc2c1S(=O)(=O)[O-].[NH4+]. The number of nitrogens with one attached hydrogen (secondary N) is 1. The van der Waals surface area contributed by atoms with Gasteiger partial charge in [-0.3, -0.25) is 9.78 Å². The molecular weight excluding hydrogens is 555 g/mol. The summed E-state index contributed by atoms with van der Waals surface area (Å²) in [6.07, 6.45) is 3.14. The number of carbonyl (C=O) groups is 1. The molecule has 0 fully saturated rings. The lowest BCUT2D eigenvalue weighted by Crippen LogP contribution is -2.11. The third kappa shape index (κ3) is 5.15. The molecule has 0 radical (unpaired) electrons. The minimum absolute atomic E-state index is 0. The number of amides is 1. The summed E-state index contributed by atoms with van der Waals surface area (Å²) in [5, 5.41) is 4.32. The lowest BCUT2D eigenvalue weighted by molar-refractivity contribution is 0.102. The summed E-state index contributed by atoms with van der Waals surface area (Å²) in [6.45, 7) is 1.61. The van der Waals surface area contributed by atoms with E-state index in [1.54, 1.807) is 43.6 Å². The third-order valence-electron chi connectivity index (χ3n) is 5.93. The second-order valence-corrected chi connectivity index (χ2v) is 11.8. The highest BCUT2D eigenvalue weighted by Crippen LogP contribution is 2.38. The molecule has 3 aromatic heterocycles. The summed E-state index contributed by atoms with van der Waals surface area (Å²) in [7, 11) is -4.63. The molecule has 0 aliphatic rings. The number of fused-ring (bicyclic) bond motifs is 2. The average molecular weight is 576 g/mol. The summed E-state index contributed by atoms with van der Waals surface area (Å²) in [5.41, 5.74) is 4.64. The maximum Gasteiger partial charge on any atom is 0.255 e. The van der Waals surface area contributed by atoms with E-state index in [-0.39, 0.29) is 17.0 Å². The molecule has 0 bridgehead atoms. The number of benzene rings is 3. The van der Waals surface area contributed by atoms with Crippen molar-refractivity contribution in [3.63, 3.8) is 0 Å². The Balaban J connectivity index is 0.00000308. The van der Waals surface area contributed by atoms with Crippen LogP contribution in [0.15, 0.2) is 84.0 Å². The van der Waals surface area contributed by atoms with Crippen LogP contribution in [0.25, 0.3) is 41.6 Å². The summed E-state index contributed by atoms with van der Waals surface area (Å²) in [5.74, 6) is -0.211. The maximum absolute atomic E-state index is 12.4. The van der Waals surface area contributed by atoms with Crippen LogP contribution in [0.3, 0.4) is 0 Å². The molecule has 9 nitrogen and oxygen atoms in total. The van der Waals surface area contributed by atoms with Crippen LogP contribution in [-0.2, 0) is 10.1 Å². The largest absolute Gasteiger partial charge is 0.744 e. The van der Waals surface area contributed by atoms with Gasteiger partial charge in [0, 0.05) is 34.8 Å². The van der Waals surface area contributed by atoms with Crippen molar-refractivity contribution < 1.29 is 17.8 Å². The summed E-state index contributed by atoms with van der Waals surface area (Å²) in [4.78, 5) is 25.4. The lowest BCUT2D eigenvalue weighted by Gasteiger charge is -2.10. The Morgan fingerprint density at radius 3 is 2.21 bits per heavy atom. The number of hydrogen-bond acceptors (Lipinski definition) is 9. The monoisotopic (exact) mass is 575 g/mol. The van der Waals surface area contributed by atoms with Gasteiger partial charge in [-0.05, 0) is 73.2 Å². The van der Waals surface area contributed by atoms with Crippen molar-refractivity contribution in [3.05, 3.63) is 90.3 Å². The zero-order valence-corrected chi connectivity index (χ0v) is 23.2. The van der Waals surface area contributed by atoms with Crippen molar-refractivity contribution in [2.75, 3.05) is 5.32 Å². The molecule has 0 aliphatic heterocycles. The van der Waals surface area contributed by atoms with Crippen LogP contribution in [0.4, 0.5) is 5.69 Å². The van der Waals surface area contributed by atoms with E-state index in [1.807, 2.05) is 42.5 Å². The first-order valence-electron chi connectivity index (χ1n) is 11.3. The summed E-state index contributed by atoms with van der Waals surface area (Å²) >= 11 is 2.71. The number of carbonyl (C=O) groups excluding carboxylic acids is 1. The van der Waals surface area contributed by atoms with Gasteiger partial charge in [-0.2, -0.15) is 0 Å². The second kappa shape index (κ2) is 10.2. The Bertz CT molecular complexity index is 1950. The second-order valence-electron chi connectivity index (χ2n) is 8.50. The fourth-order valence-corrected chi connectivity index (χ4v) is 7.37. The van der Waals surface area contributed by atoms with E-state index in [0.717, 1.165) is 26.4 Å². The van der Waals surface area contributed by atoms with Crippen LogP contribution in [0, 0.1) is 6.92 Å². The van der Waals surface area contributed by atoms with Crippen molar-refractivity contribution in [2.24, 2.45) is 0 Å². The van der Waals surface area contributed by atoms with Gasteiger partial charge in [0.15, 0.2) is 0 Å². The van der Waals surface area contributed by atoms with Gasteiger partial charge < -0.3 is 16.0 Å². The lowest BCUT2D eigenvalue weighted by atomic mass is 10.2. The molecule has 6 aromatic rings. The van der Waals surface area contributed by atoms with E-state index >= 15 is 0 Å². The molecule has 0 atom stereocenters. The van der Waals surface area contributed by atoms with E-state index in [2.05, 4.69) is 15.3 Å². The molecular formula is C27H21N5O4S3. The van der Waals surface area contributed by atoms with E-state index in [4.69, 9.17) is 4.98 Å². The molecule has 0 aliphatic carbocycles. The minimum Gasteiger partial charge on any atom is -0.744 e. The van der Waals surface area contributed by atoms with Crippen molar-refractivity contribution in [1.82, 2.24) is 21.1 Å². The first kappa shape index (κ1) is 26.5. The van der Waals surface area contributed by atoms with Gasteiger partial charge in [0.1, 0.15) is 20.1 Å². The Labute approximate surface area is 231 Å². The van der Waals surface area contributed by atoms with Gasteiger partial charge in [-0.15, -0.1) is 22.7 Å². The third-order valence-corrected chi connectivity index (χ3v) is 9.29. The molecule has 1 amide bonds. The number of rotatable bonds is 5. The van der Waals surface area contributed by atoms with Gasteiger partial charge in [0.2, 0.25) is 0 Å². The Hall–Kier alpha value is -4.07. The van der Waals surface area contributed by atoms with Crippen LogP contribution in [-0.4, -0.2) is 33.8 Å². The minimum atomic E-state index is -4.63. The molecule has 0 unspecified atom stereocenters. The maximum atomic E-state index is 12.4. The first-order chi connectivity index (χ1) is 18.3. The highest BCUT2D eigenvalue weighted by molar-refractivity contribution is 7.86. The van der Waals surface area contributed by atoms with Crippen LogP contribution in [0.5, 0.6) is 0 Å². The standard InChI is InChI=1S/C27H18N4O4S3.H3N/c1-15-2-8-21-23(24(15)38(33,34)35)37-27(31-21)18-5-9-20-22(14-18)36-26(30-20)17-3-6-19(7-4-17)29-25(32)16-10-12-28-13-11-16;/h2-14H,1H3,(H,29,32)(H,33,34,35);1H3. The number of thiazole rings is 2. The van der Waals surface area contributed by atoms with Crippen molar-refractivity contribution >= 4 is 64.8 Å². The van der Waals surface area contributed by atoms with E-state index in [0.29, 0.717) is 32.0 Å². The number of aromatic nitrogens is 3. The van der Waals surface area contributed by atoms with Crippen molar-refractivity contribution in [2.45, 2.75) is 11.8 Å². The quantitative estimate of drug-likeness (QED) is 0.222. The highest BCUT2D eigenvalue weighted by Gasteiger charge is 2.17. The molecule has 5 N–H and O–H groups in total. The van der Waals surface area contributed by atoms with Crippen LogP contribution in [0.2, 0.25) is 0 Å². The van der Waals surface area contributed by atoms with Crippen LogP contribution in [0.1, 0.15) is 15.9 Å². The molecule has 0 saturated heterocycles. The molecule has 0 saturated carbocycles. The van der Waals surface area contributed by atoms with Crippen molar-refractivity contribution in [3.8, 4) is 21.1 Å². The fourth-order valence-electron chi connectivity index (χ4n) is 4.08. The van der Waals surface area contributed by atoms with E-state index in [1.165, 1.54) is 22.7 Å². The first-order valence-corrected chi connectivity index (χ1v) is 14.4. The molecule has 3 heterocycles. The Morgan fingerprint density at radius 2 is 1.49 bits per heavy atom. The van der Waals surface area contributed by atoms with E-state index in [9.17, 15) is 17.8 Å². The van der Waals surface area contributed by atoms with Crippen LogP contribution < -0.4 is 11.5 Å². The summed E-state index contributed by atoms with van der Waals surface area (Å²) in [6, 6.07) is 19.9. The topological polar surface area (TPSA) is 161 Å². The van der Waals surface area contributed by atoms with Gasteiger partial charge in [0.25, 0.3) is 5.91 Å². The van der Waals surface area contributed by atoms with Gasteiger partial charge in [-0.25, -0.2) is 18.4 Å². The Morgan fingerprint density at radius 1 is 0.846 bits per heavy atom. The normalized spacial score (nSPS) is 11.4. The smallest absolute Gasteiger partial charge is 0.255 e. The van der Waals surface area contributed by atoms with Crippen LogP contribution >= 0.6 is 22.7 Å². The average Bonchev–Trinajstić information content (AvgIpc) is 3.52. The predicted molar refractivity (Wildman–Crippen MR) is 155 cm³/mol. The Kier molecular flexibility index (Phi) is 6.97. The summed E-state index contributed by atoms with van der Waals surface area (Å²) < 4.78 is 36.9. The fraction of sp³-hybridized carbons (Fsp3) is 0.0370. The molecule has 196 valence electrons. The highest BCUT2D eigenvalue weighted by atomic mass is 32.2. The number of aryl methyl sites for hydroxylation is 1. The van der Waals surface area contributed by atoms with Crippen molar-refractivity contribution in [1.29, 1.82) is 0 Å². The number of anilines is 1. The van der Waals surface area contributed by atoms with Gasteiger partial charge in [0.05, 0.1) is 25.3 Å². The number of quaternary nitrogens is 1. The zero-order chi connectivity index (χ0) is 26.4. The van der Waals surface area contributed by atoms with E-state index < -0.39 is 10.1 Å². The number of nitrogens with zero attached hydrogens (tertiary/aromatic N) is 3. The molecule has 0 spiro atoms. The molecule has 3 aromatic carbocycles. The number of hydrogen-bond donors (Lipinski definition) is 2. The predicted octanol–water partition coefficient (Wildman–Crippen LogP) is 6.48.